The molecule has 0 bridgehead atoms. The van der Waals surface area contributed by atoms with E-state index < -0.39 is 5.97 Å². The molecule has 0 aromatic heterocycles. The minimum Gasteiger partial charge on any atom is -0.422 e. The Morgan fingerprint density at radius 3 is 2.57 bits per heavy atom. The largest absolute Gasteiger partial charge is 0.422 e. The van der Waals surface area contributed by atoms with Crippen LogP contribution in [0.5, 0.6) is 5.75 Å². The molecule has 0 aliphatic rings. The fourth-order valence-electron chi connectivity index (χ4n) is 1.63. The lowest BCUT2D eigenvalue weighted by molar-refractivity contribution is 0.0734. The quantitative estimate of drug-likeness (QED) is 0.203. The Morgan fingerprint density at radius 2 is 1.87 bits per heavy atom. The average molecular weight is 348 g/mol. The van der Waals surface area contributed by atoms with Crippen LogP contribution in [-0.2, 0) is 4.84 Å². The van der Waals surface area contributed by atoms with Gasteiger partial charge in [0, 0.05) is 15.6 Å². The lowest BCUT2D eigenvalue weighted by Crippen LogP contribution is -2.09. The molecule has 0 amide bonds. The molecule has 0 heterocycles. The number of carbonyl (C=O) groups is 1. The predicted octanol–water partition coefficient (Wildman–Crippen LogP) is 4.20. The normalized spacial score (nSPS) is 10.3. The number of terminal acetylenes is 1. The molecule has 0 aliphatic heterocycles. The van der Waals surface area contributed by atoms with E-state index >= 15 is 0 Å². The number of rotatable bonds is 5. The summed E-state index contributed by atoms with van der Waals surface area (Å²) in [6.45, 7) is 0.0387. The summed E-state index contributed by atoms with van der Waals surface area (Å²) < 4.78 is 5.36. The summed E-state index contributed by atoms with van der Waals surface area (Å²) >= 11 is 11.7. The number of benzene rings is 2. The van der Waals surface area contributed by atoms with Crippen LogP contribution in [0.15, 0.2) is 47.6 Å². The Hall–Kier alpha value is -2.48. The molecule has 0 radical (unpaired) electrons. The van der Waals surface area contributed by atoms with Gasteiger partial charge in [0.25, 0.3) is 0 Å². The number of oxime groups is 1. The van der Waals surface area contributed by atoms with Gasteiger partial charge in [0.1, 0.15) is 5.75 Å². The van der Waals surface area contributed by atoms with Gasteiger partial charge in [0.15, 0.2) is 6.61 Å². The standard InChI is InChI=1S/C17H11Cl2NO3/c1-2-9-22-20-11-13-10-15(19)7-8-16(13)23-17(21)12-3-5-14(18)6-4-12/h1,3-8,10-11H,9H2/b20-11+. The van der Waals surface area contributed by atoms with Crippen LogP contribution in [0, 0.1) is 12.3 Å². The number of nitrogens with zero attached hydrogens (tertiary/aromatic N) is 1. The van der Waals surface area contributed by atoms with E-state index in [2.05, 4.69) is 11.1 Å². The molecule has 0 N–H and O–H groups in total. The second kappa shape index (κ2) is 8.23. The molecule has 116 valence electrons. The van der Waals surface area contributed by atoms with Crippen molar-refractivity contribution in [1.82, 2.24) is 0 Å². The van der Waals surface area contributed by atoms with Crippen molar-refractivity contribution in [3.8, 4) is 18.1 Å². The average Bonchev–Trinajstić information content (AvgIpc) is 2.54. The molecule has 0 fully saturated rings. The molecule has 2 aromatic carbocycles. The maximum atomic E-state index is 12.1. The van der Waals surface area contributed by atoms with Crippen molar-refractivity contribution >= 4 is 35.4 Å². The summed E-state index contributed by atoms with van der Waals surface area (Å²) in [7, 11) is 0. The Labute approximate surface area is 143 Å². The highest BCUT2D eigenvalue weighted by molar-refractivity contribution is 6.31. The molecular weight excluding hydrogens is 337 g/mol. The van der Waals surface area contributed by atoms with Crippen LogP contribution >= 0.6 is 23.2 Å². The van der Waals surface area contributed by atoms with Crippen molar-refractivity contribution in [3.63, 3.8) is 0 Å². The van der Waals surface area contributed by atoms with Gasteiger partial charge >= 0.3 is 5.97 Å². The molecule has 0 atom stereocenters. The lowest BCUT2D eigenvalue weighted by atomic mass is 10.2. The Bertz CT molecular complexity index is 764. The highest BCUT2D eigenvalue weighted by atomic mass is 35.5. The van der Waals surface area contributed by atoms with Gasteiger partial charge in [-0.05, 0) is 42.5 Å². The number of ether oxygens (including phenoxy) is 1. The maximum Gasteiger partial charge on any atom is 0.343 e. The highest BCUT2D eigenvalue weighted by Gasteiger charge is 2.11. The smallest absolute Gasteiger partial charge is 0.343 e. The zero-order valence-corrected chi connectivity index (χ0v) is 13.3. The number of hydrogen-bond donors (Lipinski definition) is 0. The van der Waals surface area contributed by atoms with Crippen LogP contribution in [0.25, 0.3) is 0 Å². The summed E-state index contributed by atoms with van der Waals surface area (Å²) in [4.78, 5) is 17.0. The first-order valence-corrected chi connectivity index (χ1v) is 7.22. The summed E-state index contributed by atoms with van der Waals surface area (Å²) in [5.74, 6) is 2.05. The molecule has 0 unspecified atom stereocenters. The summed E-state index contributed by atoms with van der Waals surface area (Å²) in [5.41, 5.74) is 0.854. The van der Waals surface area contributed by atoms with Crippen LogP contribution in [0.1, 0.15) is 15.9 Å². The highest BCUT2D eigenvalue weighted by Crippen LogP contribution is 2.23. The van der Waals surface area contributed by atoms with Crippen LogP contribution < -0.4 is 4.74 Å². The van der Waals surface area contributed by atoms with Gasteiger partial charge in [-0.2, -0.15) is 0 Å². The number of carbonyl (C=O) groups excluding carboxylic acids is 1. The van der Waals surface area contributed by atoms with E-state index in [0.29, 0.717) is 26.9 Å². The van der Waals surface area contributed by atoms with Gasteiger partial charge in [-0.1, -0.05) is 34.3 Å². The van der Waals surface area contributed by atoms with Gasteiger partial charge in [0.2, 0.25) is 0 Å². The van der Waals surface area contributed by atoms with E-state index in [9.17, 15) is 4.79 Å². The molecule has 0 saturated heterocycles. The third-order valence-electron chi connectivity index (χ3n) is 2.67. The molecule has 0 aliphatic carbocycles. The first kappa shape index (κ1) is 16.9. The van der Waals surface area contributed by atoms with Crippen molar-refractivity contribution in [3.05, 3.63) is 63.6 Å². The molecule has 23 heavy (non-hydrogen) atoms. The van der Waals surface area contributed by atoms with Crippen molar-refractivity contribution in [2.24, 2.45) is 5.16 Å². The van der Waals surface area contributed by atoms with Crippen molar-refractivity contribution in [2.75, 3.05) is 6.61 Å². The Kier molecular flexibility index (Phi) is 6.04. The Morgan fingerprint density at radius 1 is 1.17 bits per heavy atom. The van der Waals surface area contributed by atoms with E-state index in [0.717, 1.165) is 0 Å². The van der Waals surface area contributed by atoms with Gasteiger partial charge in [0.05, 0.1) is 11.8 Å². The maximum absolute atomic E-state index is 12.1. The summed E-state index contributed by atoms with van der Waals surface area (Å²) in [6, 6.07) is 11.1. The molecule has 0 saturated carbocycles. The zero-order chi connectivity index (χ0) is 16.7. The number of halogens is 2. The molecule has 6 heteroatoms. The van der Waals surface area contributed by atoms with Crippen molar-refractivity contribution in [2.45, 2.75) is 0 Å². The minimum atomic E-state index is -0.525. The second-order valence-electron chi connectivity index (χ2n) is 4.29. The van der Waals surface area contributed by atoms with Crippen LogP contribution in [0.4, 0.5) is 0 Å². The second-order valence-corrected chi connectivity index (χ2v) is 5.16. The van der Waals surface area contributed by atoms with Crippen molar-refractivity contribution < 1.29 is 14.4 Å². The SMILES string of the molecule is C#CCO/N=C/c1cc(Cl)ccc1OC(=O)c1ccc(Cl)cc1. The van der Waals surface area contributed by atoms with E-state index in [-0.39, 0.29) is 6.61 Å². The Balaban J connectivity index is 2.18. The lowest BCUT2D eigenvalue weighted by Gasteiger charge is -2.08. The van der Waals surface area contributed by atoms with E-state index in [1.165, 1.54) is 6.21 Å². The van der Waals surface area contributed by atoms with E-state index in [4.69, 9.17) is 39.2 Å². The number of hydrogen-bond acceptors (Lipinski definition) is 4. The molecule has 2 rings (SSSR count). The number of esters is 1. The van der Waals surface area contributed by atoms with Crippen molar-refractivity contribution in [1.29, 1.82) is 0 Å². The predicted molar refractivity (Wildman–Crippen MR) is 90.2 cm³/mol. The fourth-order valence-corrected chi connectivity index (χ4v) is 1.93. The fraction of sp³-hybridized carbons (Fsp3) is 0.0588. The molecular formula is C17H11Cl2NO3. The third-order valence-corrected chi connectivity index (χ3v) is 3.16. The monoisotopic (exact) mass is 347 g/mol. The van der Waals surface area contributed by atoms with E-state index in [1.807, 2.05) is 0 Å². The molecule has 4 nitrogen and oxygen atoms in total. The van der Waals surface area contributed by atoms with E-state index in [1.54, 1.807) is 42.5 Å². The van der Waals surface area contributed by atoms with Gasteiger partial charge in [-0.15, -0.1) is 6.42 Å². The van der Waals surface area contributed by atoms with Gasteiger partial charge in [-0.25, -0.2) is 4.79 Å². The van der Waals surface area contributed by atoms with Crippen LogP contribution in [0.3, 0.4) is 0 Å². The van der Waals surface area contributed by atoms with Gasteiger partial charge < -0.3 is 9.57 Å². The first-order chi connectivity index (χ1) is 11.1. The third kappa shape index (κ3) is 5.03. The van der Waals surface area contributed by atoms with Crippen LogP contribution in [0.2, 0.25) is 10.0 Å². The zero-order valence-electron chi connectivity index (χ0n) is 11.8. The van der Waals surface area contributed by atoms with Gasteiger partial charge in [-0.3, -0.25) is 0 Å². The minimum absolute atomic E-state index is 0.0387. The molecule has 2 aromatic rings. The van der Waals surface area contributed by atoms with Crippen LogP contribution in [-0.4, -0.2) is 18.8 Å². The first-order valence-electron chi connectivity index (χ1n) is 6.46. The topological polar surface area (TPSA) is 47.9 Å². The summed E-state index contributed by atoms with van der Waals surface area (Å²) in [5, 5.41) is 4.69. The molecule has 0 spiro atoms. The summed E-state index contributed by atoms with van der Waals surface area (Å²) in [6.07, 6.45) is 6.42.